The number of likely N-dealkylation sites (N-methyl/N-ethyl adjacent to an activating group) is 1. The molecule has 1 aromatic carbocycles. The highest BCUT2D eigenvalue weighted by Gasteiger charge is 2.22. The molecule has 1 aromatic rings. The van der Waals surface area contributed by atoms with Crippen molar-refractivity contribution in [3.63, 3.8) is 0 Å². The number of piperazine rings is 1. The highest BCUT2D eigenvalue weighted by molar-refractivity contribution is 14.0. The van der Waals surface area contributed by atoms with Crippen LogP contribution in [0.4, 0.5) is 5.69 Å². The number of halogens is 1. The molecule has 0 bridgehead atoms. The summed E-state index contributed by atoms with van der Waals surface area (Å²) in [5.74, 6) is 1.94. The van der Waals surface area contributed by atoms with Gasteiger partial charge in [-0.2, -0.15) is 0 Å². The summed E-state index contributed by atoms with van der Waals surface area (Å²) < 4.78 is 5.51. The Morgan fingerprint density at radius 2 is 1.81 bits per heavy atom. The van der Waals surface area contributed by atoms with Crippen molar-refractivity contribution in [3.8, 4) is 5.75 Å². The Morgan fingerprint density at radius 1 is 1.19 bits per heavy atom. The number of aliphatic imine (C=N–C) groups is 1. The van der Waals surface area contributed by atoms with Crippen molar-refractivity contribution < 1.29 is 4.74 Å². The Morgan fingerprint density at radius 3 is 2.37 bits per heavy atom. The molecule has 1 fully saturated rings. The molecular formula is C20H36IN5O. The summed E-state index contributed by atoms with van der Waals surface area (Å²) >= 11 is 0. The van der Waals surface area contributed by atoms with Crippen LogP contribution in [-0.4, -0.2) is 81.8 Å². The minimum absolute atomic E-state index is 0. The smallest absolute Gasteiger partial charge is 0.193 e. The standard InChI is InChI=1S/C20H35N5O.HI/c1-6-23(7-2)17(3)16-22-20(21-4)25-14-12-24(13-15-25)18-10-8-9-11-19(18)26-5;/h8-11,17H,6-7,12-16H2,1-5H3,(H,21,22);1H. The first kappa shape index (κ1) is 23.8. The second kappa shape index (κ2) is 12.3. The number of nitrogens with zero attached hydrogens (tertiary/aromatic N) is 4. The number of hydrogen-bond acceptors (Lipinski definition) is 4. The van der Waals surface area contributed by atoms with Crippen LogP contribution in [0.25, 0.3) is 0 Å². The van der Waals surface area contributed by atoms with E-state index in [2.05, 4.69) is 57.9 Å². The molecule has 6 nitrogen and oxygen atoms in total. The second-order valence-electron chi connectivity index (χ2n) is 6.64. The van der Waals surface area contributed by atoms with Crippen molar-refractivity contribution in [2.45, 2.75) is 26.8 Å². The number of rotatable bonds is 7. The third kappa shape index (κ3) is 6.41. The predicted octanol–water partition coefficient (Wildman–Crippen LogP) is 2.74. The van der Waals surface area contributed by atoms with Crippen LogP contribution in [0.5, 0.6) is 5.75 Å². The Hall–Kier alpha value is -1.22. The van der Waals surface area contributed by atoms with Gasteiger partial charge in [0.1, 0.15) is 5.75 Å². The fourth-order valence-electron chi connectivity index (χ4n) is 3.60. The molecule has 1 saturated heterocycles. The second-order valence-corrected chi connectivity index (χ2v) is 6.64. The SMILES string of the molecule is CCN(CC)C(C)CNC(=NC)N1CCN(c2ccccc2OC)CC1.I. The van der Waals surface area contributed by atoms with Gasteiger partial charge in [0.2, 0.25) is 0 Å². The summed E-state index contributed by atoms with van der Waals surface area (Å²) in [5, 5.41) is 3.56. The largest absolute Gasteiger partial charge is 0.495 e. The van der Waals surface area contributed by atoms with Crippen molar-refractivity contribution in [1.29, 1.82) is 0 Å². The number of guanidine groups is 1. The van der Waals surface area contributed by atoms with E-state index in [0.29, 0.717) is 6.04 Å². The molecule has 0 saturated carbocycles. The van der Waals surface area contributed by atoms with Gasteiger partial charge in [0.25, 0.3) is 0 Å². The monoisotopic (exact) mass is 489 g/mol. The van der Waals surface area contributed by atoms with Gasteiger partial charge in [0, 0.05) is 45.8 Å². The van der Waals surface area contributed by atoms with Crippen LogP contribution in [0, 0.1) is 0 Å². The first-order valence-corrected chi connectivity index (χ1v) is 9.72. The van der Waals surface area contributed by atoms with E-state index in [4.69, 9.17) is 4.74 Å². The Kier molecular flexibility index (Phi) is 10.8. The van der Waals surface area contributed by atoms with Crippen LogP contribution in [0.2, 0.25) is 0 Å². The lowest BCUT2D eigenvalue weighted by Gasteiger charge is -2.38. The predicted molar refractivity (Wildman–Crippen MR) is 126 cm³/mol. The average Bonchev–Trinajstić information content (AvgIpc) is 2.70. The number of benzene rings is 1. The third-order valence-corrected chi connectivity index (χ3v) is 5.21. The van der Waals surface area contributed by atoms with Gasteiger partial charge in [-0.25, -0.2) is 0 Å². The molecule has 7 heteroatoms. The van der Waals surface area contributed by atoms with E-state index in [-0.39, 0.29) is 24.0 Å². The van der Waals surface area contributed by atoms with Gasteiger partial charge in [0.05, 0.1) is 12.8 Å². The lowest BCUT2D eigenvalue weighted by molar-refractivity contribution is 0.229. The summed E-state index contributed by atoms with van der Waals surface area (Å²) in [6.07, 6.45) is 0. The summed E-state index contributed by atoms with van der Waals surface area (Å²) in [6, 6.07) is 8.74. The van der Waals surface area contributed by atoms with E-state index in [0.717, 1.165) is 57.5 Å². The van der Waals surface area contributed by atoms with Crippen molar-refractivity contribution in [2.75, 3.05) is 64.9 Å². The maximum Gasteiger partial charge on any atom is 0.193 e. The zero-order valence-electron chi connectivity index (χ0n) is 17.4. The van der Waals surface area contributed by atoms with Crippen LogP contribution in [-0.2, 0) is 0 Å². The number of anilines is 1. The molecule has 1 unspecified atom stereocenters. The topological polar surface area (TPSA) is 43.3 Å². The highest BCUT2D eigenvalue weighted by atomic mass is 127. The number of para-hydroxylation sites is 2. The molecule has 0 spiro atoms. The van der Waals surface area contributed by atoms with Gasteiger partial charge in [-0.1, -0.05) is 26.0 Å². The van der Waals surface area contributed by atoms with Crippen LogP contribution >= 0.6 is 24.0 Å². The molecule has 0 aliphatic carbocycles. The number of nitrogens with one attached hydrogen (secondary N) is 1. The van der Waals surface area contributed by atoms with E-state index >= 15 is 0 Å². The minimum atomic E-state index is 0. The number of methoxy groups -OCH3 is 1. The van der Waals surface area contributed by atoms with Crippen molar-refractivity contribution in [3.05, 3.63) is 24.3 Å². The van der Waals surface area contributed by atoms with Gasteiger partial charge in [0.15, 0.2) is 5.96 Å². The van der Waals surface area contributed by atoms with Gasteiger partial charge in [-0.3, -0.25) is 9.89 Å². The fourth-order valence-corrected chi connectivity index (χ4v) is 3.60. The molecule has 0 radical (unpaired) electrons. The van der Waals surface area contributed by atoms with Gasteiger partial charge in [-0.05, 0) is 32.1 Å². The van der Waals surface area contributed by atoms with Gasteiger partial charge >= 0.3 is 0 Å². The quantitative estimate of drug-likeness (QED) is 0.363. The van der Waals surface area contributed by atoms with E-state index in [1.54, 1.807) is 7.11 Å². The van der Waals surface area contributed by atoms with Crippen LogP contribution in [0.15, 0.2) is 29.3 Å². The summed E-state index contributed by atoms with van der Waals surface area (Å²) in [4.78, 5) is 11.7. The molecule has 2 rings (SSSR count). The zero-order chi connectivity index (χ0) is 18.9. The molecule has 0 amide bonds. The lowest BCUT2D eigenvalue weighted by Crippen LogP contribution is -2.54. The summed E-state index contributed by atoms with van der Waals surface area (Å²) in [7, 11) is 3.61. The lowest BCUT2D eigenvalue weighted by atomic mass is 10.2. The Balaban J connectivity index is 0.00000364. The van der Waals surface area contributed by atoms with E-state index < -0.39 is 0 Å². The molecular weight excluding hydrogens is 453 g/mol. The van der Waals surface area contributed by atoms with E-state index in [1.807, 2.05) is 19.2 Å². The van der Waals surface area contributed by atoms with Gasteiger partial charge < -0.3 is 19.9 Å². The summed E-state index contributed by atoms with van der Waals surface area (Å²) in [6.45, 7) is 13.6. The molecule has 1 heterocycles. The maximum absolute atomic E-state index is 5.51. The highest BCUT2D eigenvalue weighted by Crippen LogP contribution is 2.28. The molecule has 1 aliphatic heterocycles. The van der Waals surface area contributed by atoms with Crippen molar-refractivity contribution >= 4 is 35.6 Å². The minimum Gasteiger partial charge on any atom is -0.495 e. The van der Waals surface area contributed by atoms with Crippen molar-refractivity contribution in [1.82, 2.24) is 15.1 Å². The fraction of sp³-hybridized carbons (Fsp3) is 0.650. The molecule has 0 aromatic heterocycles. The molecule has 1 atom stereocenters. The van der Waals surface area contributed by atoms with E-state index in [9.17, 15) is 0 Å². The van der Waals surface area contributed by atoms with Crippen LogP contribution < -0.4 is 15.0 Å². The van der Waals surface area contributed by atoms with E-state index in [1.165, 1.54) is 5.69 Å². The van der Waals surface area contributed by atoms with Crippen LogP contribution in [0.1, 0.15) is 20.8 Å². The molecule has 154 valence electrons. The first-order valence-electron chi connectivity index (χ1n) is 9.72. The summed E-state index contributed by atoms with van der Waals surface area (Å²) in [5.41, 5.74) is 1.17. The molecule has 1 aliphatic rings. The normalized spacial score (nSPS) is 16.1. The number of ether oxygens (including phenoxy) is 1. The molecule has 1 N–H and O–H groups in total. The van der Waals surface area contributed by atoms with Crippen LogP contribution in [0.3, 0.4) is 0 Å². The Labute approximate surface area is 182 Å². The third-order valence-electron chi connectivity index (χ3n) is 5.21. The Bertz CT molecular complexity index is 571. The molecule has 27 heavy (non-hydrogen) atoms. The number of hydrogen-bond donors (Lipinski definition) is 1. The zero-order valence-corrected chi connectivity index (χ0v) is 19.8. The van der Waals surface area contributed by atoms with Crippen molar-refractivity contribution in [2.24, 2.45) is 4.99 Å². The maximum atomic E-state index is 5.51. The average molecular weight is 489 g/mol. The van der Waals surface area contributed by atoms with Gasteiger partial charge in [-0.15, -0.1) is 24.0 Å². The first-order chi connectivity index (χ1) is 12.6.